The van der Waals surface area contributed by atoms with Gasteiger partial charge in [0.2, 0.25) is 0 Å². The molecule has 2 heteroatoms. The van der Waals surface area contributed by atoms with Crippen molar-refractivity contribution < 1.29 is 0 Å². The minimum Gasteiger partial charge on any atom is -0.343 e. The van der Waals surface area contributed by atoms with Crippen LogP contribution in [0.4, 0.5) is 0 Å². The van der Waals surface area contributed by atoms with Gasteiger partial charge in [0.05, 0.1) is 0 Å². The van der Waals surface area contributed by atoms with Gasteiger partial charge in [0.1, 0.15) is 0 Å². The molecule has 1 heterocycles. The fourth-order valence-electron chi connectivity index (χ4n) is 2.63. The van der Waals surface area contributed by atoms with Crippen LogP contribution in [0, 0.1) is 27.7 Å². The van der Waals surface area contributed by atoms with E-state index in [0.717, 1.165) is 6.54 Å². The average molecular weight is 216 g/mol. The van der Waals surface area contributed by atoms with Gasteiger partial charge in [-0.15, -0.1) is 0 Å². The van der Waals surface area contributed by atoms with Crippen molar-refractivity contribution in [2.75, 3.05) is 6.54 Å². The van der Waals surface area contributed by atoms with Gasteiger partial charge in [0.25, 0.3) is 0 Å². The van der Waals surface area contributed by atoms with Crippen molar-refractivity contribution in [2.45, 2.75) is 34.2 Å². The van der Waals surface area contributed by atoms with Crippen molar-refractivity contribution in [2.24, 2.45) is 5.73 Å². The number of benzene rings is 1. The molecule has 0 unspecified atom stereocenters. The molecule has 1 aromatic carbocycles. The molecule has 0 radical (unpaired) electrons. The maximum absolute atomic E-state index is 5.68. The molecule has 86 valence electrons. The van der Waals surface area contributed by atoms with Crippen LogP contribution in [-0.4, -0.2) is 11.1 Å². The number of hydrogen-bond donors (Lipinski definition) is 1. The monoisotopic (exact) mass is 216 g/mol. The van der Waals surface area contributed by atoms with Crippen LogP contribution >= 0.6 is 0 Å². The zero-order valence-corrected chi connectivity index (χ0v) is 10.6. The molecule has 0 saturated heterocycles. The van der Waals surface area contributed by atoms with Crippen molar-refractivity contribution in [3.63, 3.8) is 0 Å². The zero-order chi connectivity index (χ0) is 11.9. The maximum Gasteiger partial charge on any atom is 0.0490 e. The predicted octanol–water partition coefficient (Wildman–Crippen LogP) is 2.83. The SMILES string of the molecule is Cc1cc(C)c2c(C)c(C)n(CCN)c2c1. The van der Waals surface area contributed by atoms with Crippen molar-refractivity contribution in [1.29, 1.82) is 0 Å². The minimum absolute atomic E-state index is 0.692. The normalized spacial score (nSPS) is 11.3. The lowest BCUT2D eigenvalue weighted by Gasteiger charge is -2.07. The summed E-state index contributed by atoms with van der Waals surface area (Å²) in [5, 5.41) is 1.40. The smallest absolute Gasteiger partial charge is 0.0490 e. The van der Waals surface area contributed by atoms with Crippen molar-refractivity contribution in [3.8, 4) is 0 Å². The molecule has 1 aromatic heterocycles. The number of aromatic nitrogens is 1. The van der Waals surface area contributed by atoms with Crippen molar-refractivity contribution in [3.05, 3.63) is 34.5 Å². The first-order chi connectivity index (χ1) is 7.56. The predicted molar refractivity (Wildman–Crippen MR) is 69.9 cm³/mol. The molecular formula is C14H20N2. The highest BCUT2D eigenvalue weighted by Gasteiger charge is 2.12. The number of rotatable bonds is 2. The van der Waals surface area contributed by atoms with E-state index in [9.17, 15) is 0 Å². The summed E-state index contributed by atoms with van der Waals surface area (Å²) in [4.78, 5) is 0. The van der Waals surface area contributed by atoms with Crippen LogP contribution < -0.4 is 5.73 Å². The summed E-state index contributed by atoms with van der Waals surface area (Å²) in [5.41, 5.74) is 12.4. The van der Waals surface area contributed by atoms with Gasteiger partial charge in [-0.25, -0.2) is 0 Å². The van der Waals surface area contributed by atoms with Gasteiger partial charge in [-0.3, -0.25) is 0 Å². The van der Waals surface area contributed by atoms with E-state index in [1.807, 2.05) is 0 Å². The first-order valence-electron chi connectivity index (χ1n) is 5.83. The van der Waals surface area contributed by atoms with Crippen molar-refractivity contribution >= 4 is 10.9 Å². The molecule has 0 aliphatic carbocycles. The van der Waals surface area contributed by atoms with Gasteiger partial charge >= 0.3 is 0 Å². The van der Waals surface area contributed by atoms with Crippen LogP contribution in [-0.2, 0) is 6.54 Å². The molecule has 2 nitrogen and oxygen atoms in total. The molecule has 0 saturated carbocycles. The Hall–Kier alpha value is -1.28. The Morgan fingerprint density at radius 3 is 2.44 bits per heavy atom. The molecule has 0 bridgehead atoms. The van der Waals surface area contributed by atoms with Gasteiger partial charge in [-0.1, -0.05) is 6.07 Å². The van der Waals surface area contributed by atoms with E-state index in [-0.39, 0.29) is 0 Å². The lowest BCUT2D eigenvalue weighted by Crippen LogP contribution is -2.10. The molecule has 0 spiro atoms. The second-order valence-electron chi connectivity index (χ2n) is 4.63. The summed E-state index contributed by atoms with van der Waals surface area (Å²) >= 11 is 0. The highest BCUT2D eigenvalue weighted by Crippen LogP contribution is 2.28. The molecule has 2 rings (SSSR count). The van der Waals surface area contributed by atoms with Crippen LogP contribution in [0.5, 0.6) is 0 Å². The molecule has 0 aliphatic heterocycles. The molecule has 0 amide bonds. The van der Waals surface area contributed by atoms with E-state index in [2.05, 4.69) is 44.4 Å². The van der Waals surface area contributed by atoms with Gasteiger partial charge in [0, 0.05) is 29.7 Å². The fourth-order valence-corrected chi connectivity index (χ4v) is 2.63. The Kier molecular flexibility index (Phi) is 2.76. The Labute approximate surface area is 97.1 Å². The first kappa shape index (κ1) is 11.2. The second kappa shape index (κ2) is 3.95. The van der Waals surface area contributed by atoms with Gasteiger partial charge in [-0.2, -0.15) is 0 Å². The molecule has 16 heavy (non-hydrogen) atoms. The lowest BCUT2D eigenvalue weighted by molar-refractivity contribution is 0.712. The average Bonchev–Trinajstić information content (AvgIpc) is 2.44. The largest absolute Gasteiger partial charge is 0.343 e. The Morgan fingerprint density at radius 1 is 1.12 bits per heavy atom. The second-order valence-corrected chi connectivity index (χ2v) is 4.63. The third-order valence-corrected chi connectivity index (χ3v) is 3.43. The number of nitrogens with two attached hydrogens (primary N) is 1. The van der Waals surface area contributed by atoms with Gasteiger partial charge in [0.15, 0.2) is 0 Å². The highest BCUT2D eigenvalue weighted by atomic mass is 15.0. The van der Waals surface area contributed by atoms with E-state index in [1.165, 1.54) is 33.3 Å². The Bertz CT molecular complexity index is 535. The minimum atomic E-state index is 0.692. The fraction of sp³-hybridized carbons (Fsp3) is 0.429. The third kappa shape index (κ3) is 1.54. The van der Waals surface area contributed by atoms with Gasteiger partial charge in [-0.05, 0) is 50.5 Å². The summed E-state index contributed by atoms with van der Waals surface area (Å²) in [7, 11) is 0. The summed E-state index contributed by atoms with van der Waals surface area (Å²) in [6.45, 7) is 10.3. The quantitative estimate of drug-likeness (QED) is 0.822. The molecule has 2 N–H and O–H groups in total. The topological polar surface area (TPSA) is 30.9 Å². The van der Waals surface area contributed by atoms with Crippen LogP contribution in [0.1, 0.15) is 22.4 Å². The number of nitrogens with zero attached hydrogens (tertiary/aromatic N) is 1. The van der Waals surface area contributed by atoms with Crippen LogP contribution in [0.3, 0.4) is 0 Å². The zero-order valence-electron chi connectivity index (χ0n) is 10.6. The Balaban J connectivity index is 2.85. The molecular weight excluding hydrogens is 196 g/mol. The summed E-state index contributed by atoms with van der Waals surface area (Å²) in [5.74, 6) is 0. The first-order valence-corrected chi connectivity index (χ1v) is 5.83. The van der Waals surface area contributed by atoms with E-state index < -0.39 is 0 Å². The summed E-state index contributed by atoms with van der Waals surface area (Å²) < 4.78 is 2.34. The maximum atomic E-state index is 5.68. The van der Waals surface area contributed by atoms with Crippen LogP contribution in [0.15, 0.2) is 12.1 Å². The number of fused-ring (bicyclic) bond motifs is 1. The van der Waals surface area contributed by atoms with Crippen LogP contribution in [0.25, 0.3) is 10.9 Å². The summed E-state index contributed by atoms with van der Waals surface area (Å²) in [6, 6.07) is 4.51. The van der Waals surface area contributed by atoms with Crippen molar-refractivity contribution in [1.82, 2.24) is 4.57 Å². The van der Waals surface area contributed by atoms with Crippen LogP contribution in [0.2, 0.25) is 0 Å². The van der Waals surface area contributed by atoms with E-state index in [1.54, 1.807) is 0 Å². The molecule has 0 fully saturated rings. The molecule has 2 aromatic rings. The van der Waals surface area contributed by atoms with E-state index in [4.69, 9.17) is 5.73 Å². The lowest BCUT2D eigenvalue weighted by atomic mass is 10.0. The van der Waals surface area contributed by atoms with E-state index in [0.29, 0.717) is 6.54 Å². The highest BCUT2D eigenvalue weighted by molar-refractivity contribution is 5.89. The molecule has 0 aliphatic rings. The number of aryl methyl sites for hydroxylation is 3. The molecule has 0 atom stereocenters. The Morgan fingerprint density at radius 2 is 1.81 bits per heavy atom. The van der Waals surface area contributed by atoms with Gasteiger partial charge < -0.3 is 10.3 Å². The van der Waals surface area contributed by atoms with E-state index >= 15 is 0 Å². The third-order valence-electron chi connectivity index (χ3n) is 3.43. The number of hydrogen-bond acceptors (Lipinski definition) is 1. The standard InChI is InChI=1S/C14H20N2/c1-9-7-10(2)14-11(3)12(4)16(6-5-15)13(14)8-9/h7-8H,5-6,15H2,1-4H3. The summed E-state index contributed by atoms with van der Waals surface area (Å²) in [6.07, 6.45) is 0.